The highest BCUT2D eigenvalue weighted by Crippen LogP contribution is 2.12. The first kappa shape index (κ1) is 53.6. The number of carboxylic acids is 2. The Morgan fingerprint density at radius 1 is 0.619 bits per heavy atom. The number of hydrogen-bond acceptors (Lipinski definition) is 13. The summed E-state index contributed by atoms with van der Waals surface area (Å²) >= 11 is 1.37. The van der Waals surface area contributed by atoms with E-state index in [4.69, 9.17) is 11.5 Å². The fourth-order valence-electron chi connectivity index (χ4n) is 6.39. The molecule has 6 amide bonds. The largest absolute Gasteiger partial charge is 0.481 e. The molecule has 2 aromatic heterocycles. The highest BCUT2D eigenvalue weighted by atomic mass is 32.2. The van der Waals surface area contributed by atoms with Crippen LogP contribution in [0, 0.1) is 11.8 Å². The Hall–Kier alpha value is -5.55. The van der Waals surface area contributed by atoms with E-state index in [1.807, 2.05) is 27.7 Å². The van der Waals surface area contributed by atoms with Crippen LogP contribution in [0.2, 0.25) is 0 Å². The number of unbranched alkanes of at least 4 members (excludes halogenated alkanes) is 1. The van der Waals surface area contributed by atoms with Gasteiger partial charge in [-0.15, -0.1) is 0 Å². The number of rotatable bonds is 31. The molecule has 2 rings (SSSR count). The molecular formula is C40H66N12O10S. The summed E-state index contributed by atoms with van der Waals surface area (Å²) in [6.07, 6.45) is 7.90. The highest BCUT2D eigenvalue weighted by molar-refractivity contribution is 7.98. The van der Waals surface area contributed by atoms with Crippen molar-refractivity contribution in [2.24, 2.45) is 23.3 Å². The second-order valence-corrected chi connectivity index (χ2v) is 17.1. The number of aromatic amines is 2. The normalized spacial score (nSPS) is 14.6. The zero-order chi connectivity index (χ0) is 47.1. The zero-order valence-corrected chi connectivity index (χ0v) is 37.4. The molecule has 2 heterocycles. The van der Waals surface area contributed by atoms with Crippen molar-refractivity contribution >= 4 is 59.1 Å². The Morgan fingerprint density at radius 3 is 1.54 bits per heavy atom. The smallest absolute Gasteiger partial charge is 0.326 e. The molecule has 352 valence electrons. The van der Waals surface area contributed by atoms with Crippen molar-refractivity contribution in [1.82, 2.24) is 51.8 Å². The number of imidazole rings is 2. The van der Waals surface area contributed by atoms with Crippen molar-refractivity contribution in [2.75, 3.05) is 18.6 Å². The van der Waals surface area contributed by atoms with Crippen LogP contribution in [0.4, 0.5) is 0 Å². The Morgan fingerprint density at radius 2 is 1.06 bits per heavy atom. The molecule has 0 radical (unpaired) electrons. The molecule has 23 heteroatoms. The van der Waals surface area contributed by atoms with E-state index in [0.717, 1.165) is 0 Å². The van der Waals surface area contributed by atoms with Gasteiger partial charge in [-0.3, -0.25) is 33.6 Å². The number of aromatic nitrogens is 4. The fourth-order valence-corrected chi connectivity index (χ4v) is 6.86. The van der Waals surface area contributed by atoms with Crippen molar-refractivity contribution in [3.63, 3.8) is 0 Å². The number of nitrogens with zero attached hydrogens (tertiary/aromatic N) is 2. The van der Waals surface area contributed by atoms with Crippen molar-refractivity contribution in [3.05, 3.63) is 36.4 Å². The molecule has 0 aliphatic heterocycles. The van der Waals surface area contributed by atoms with Gasteiger partial charge in [-0.25, -0.2) is 14.8 Å². The fraction of sp³-hybridized carbons (Fsp3) is 0.650. The second kappa shape index (κ2) is 28.2. The Balaban J connectivity index is 2.35. The SMILES string of the molecule is CSCC[C@H](NC(=O)[C@H](CCC(=O)O)NC(=O)[C@H](CCCCN)NC(=O)[C@H](Cc1cnc[nH]1)NC(=O)[C@@H](N)Cc1cnc[nH]1)C(=O)N[C@@H](CC(C)C)C(=O)N[C@@H](CC(C)C)C(=O)O. The van der Waals surface area contributed by atoms with Gasteiger partial charge < -0.3 is 63.5 Å². The summed E-state index contributed by atoms with van der Waals surface area (Å²) in [6, 6.07) is -8.72. The number of amides is 6. The number of hydrogen-bond donors (Lipinski definition) is 12. The minimum Gasteiger partial charge on any atom is -0.481 e. The summed E-state index contributed by atoms with van der Waals surface area (Å²) in [5.74, 6) is -6.92. The maximum atomic E-state index is 14.0. The van der Waals surface area contributed by atoms with Gasteiger partial charge in [-0.05, 0) is 75.3 Å². The van der Waals surface area contributed by atoms with E-state index in [-0.39, 0.29) is 56.9 Å². The average Bonchev–Trinajstić information content (AvgIpc) is 3.94. The van der Waals surface area contributed by atoms with Gasteiger partial charge in [0.15, 0.2) is 0 Å². The number of thioether (sulfide) groups is 1. The number of H-pyrrole nitrogens is 2. The summed E-state index contributed by atoms with van der Waals surface area (Å²) in [4.78, 5) is 120. The molecule has 0 saturated heterocycles. The zero-order valence-electron chi connectivity index (χ0n) is 36.6. The van der Waals surface area contributed by atoms with Crippen LogP contribution >= 0.6 is 11.8 Å². The number of nitrogens with two attached hydrogens (primary N) is 2. The maximum Gasteiger partial charge on any atom is 0.326 e. The van der Waals surface area contributed by atoms with E-state index >= 15 is 0 Å². The third-order valence-corrected chi connectivity index (χ3v) is 10.4. The maximum absolute atomic E-state index is 14.0. The number of carbonyl (C=O) groups is 8. The molecule has 63 heavy (non-hydrogen) atoms. The van der Waals surface area contributed by atoms with Crippen LogP contribution in [0.1, 0.15) is 90.4 Å². The van der Waals surface area contributed by atoms with Crippen molar-refractivity contribution in [3.8, 4) is 0 Å². The lowest BCUT2D eigenvalue weighted by atomic mass is 10.00. The number of aliphatic carboxylic acids is 2. The van der Waals surface area contributed by atoms with Gasteiger partial charge in [0.2, 0.25) is 35.4 Å². The summed E-state index contributed by atoms with van der Waals surface area (Å²) in [5, 5.41) is 34.9. The van der Waals surface area contributed by atoms with Crippen LogP contribution in [0.15, 0.2) is 25.0 Å². The molecule has 0 aliphatic rings. The number of carbonyl (C=O) groups excluding carboxylic acids is 6. The van der Waals surface area contributed by atoms with Crippen molar-refractivity contribution in [2.45, 2.75) is 134 Å². The summed E-state index contributed by atoms with van der Waals surface area (Å²) in [6.45, 7) is 7.53. The predicted octanol–water partition coefficient (Wildman–Crippen LogP) is -0.922. The molecule has 0 spiro atoms. The predicted molar refractivity (Wildman–Crippen MR) is 233 cm³/mol. The van der Waals surface area contributed by atoms with Gasteiger partial charge in [0, 0.05) is 43.0 Å². The van der Waals surface area contributed by atoms with Crippen LogP contribution in [-0.4, -0.2) is 138 Å². The first-order valence-corrected chi connectivity index (χ1v) is 22.4. The van der Waals surface area contributed by atoms with Gasteiger partial charge in [-0.2, -0.15) is 11.8 Å². The Kier molecular flexibility index (Phi) is 24.0. The van der Waals surface area contributed by atoms with E-state index in [9.17, 15) is 48.6 Å². The molecule has 14 N–H and O–H groups in total. The molecule has 0 fully saturated rings. The molecular weight excluding hydrogens is 841 g/mol. The van der Waals surface area contributed by atoms with Crippen LogP contribution in [0.5, 0.6) is 0 Å². The van der Waals surface area contributed by atoms with E-state index in [1.165, 1.54) is 36.8 Å². The van der Waals surface area contributed by atoms with Gasteiger partial charge in [0.25, 0.3) is 0 Å². The third kappa shape index (κ3) is 20.5. The van der Waals surface area contributed by atoms with E-state index in [1.54, 1.807) is 6.26 Å². The van der Waals surface area contributed by atoms with E-state index in [0.29, 0.717) is 30.0 Å². The van der Waals surface area contributed by atoms with Crippen LogP contribution in [0.3, 0.4) is 0 Å². The number of carboxylic acid groups (broad SMARTS) is 2. The van der Waals surface area contributed by atoms with Gasteiger partial charge in [-0.1, -0.05) is 27.7 Å². The number of nitrogens with one attached hydrogen (secondary N) is 8. The first-order valence-electron chi connectivity index (χ1n) is 21.0. The van der Waals surface area contributed by atoms with Crippen molar-refractivity contribution in [1.29, 1.82) is 0 Å². The van der Waals surface area contributed by atoms with E-state index < -0.39 is 103 Å². The molecule has 22 nitrogen and oxygen atoms in total. The van der Waals surface area contributed by atoms with Crippen LogP contribution < -0.4 is 43.4 Å². The lowest BCUT2D eigenvalue weighted by Gasteiger charge is -2.28. The Labute approximate surface area is 371 Å². The van der Waals surface area contributed by atoms with Crippen LogP contribution in [-0.2, 0) is 51.2 Å². The van der Waals surface area contributed by atoms with Crippen LogP contribution in [0.25, 0.3) is 0 Å². The summed E-state index contributed by atoms with van der Waals surface area (Å²) in [7, 11) is 0. The summed E-state index contributed by atoms with van der Waals surface area (Å²) < 4.78 is 0. The van der Waals surface area contributed by atoms with Crippen molar-refractivity contribution < 1.29 is 48.6 Å². The second-order valence-electron chi connectivity index (χ2n) is 16.1. The molecule has 7 atom stereocenters. The molecule has 0 bridgehead atoms. The molecule has 0 aromatic carbocycles. The topological polar surface area (TPSA) is 359 Å². The standard InChI is InChI=1S/C40H66N12O10S/c1-22(2)14-30(38(59)52-32(40(61)62)15-23(3)4)51-37(58)29(11-13-63-5)49-36(57)28(9-10-33(53)54)48-35(56)27(8-6-7-12-41)47-39(60)31(17-25-19-44-21-46-25)50-34(55)26(42)16-24-18-43-20-45-24/h18-23,26-32H,6-17,41-42H2,1-5H3,(H,43,45)(H,44,46)(H,47,60)(H,48,56)(H,49,57)(H,50,55)(H,51,58)(H,52,59)(H,53,54)(H,61,62)/t26-,27-,28-,29-,30-,31-,32-/m0/s1. The summed E-state index contributed by atoms with van der Waals surface area (Å²) in [5.41, 5.74) is 12.9. The van der Waals surface area contributed by atoms with Gasteiger partial charge >= 0.3 is 11.9 Å². The lowest BCUT2D eigenvalue weighted by molar-refractivity contribution is -0.143. The van der Waals surface area contributed by atoms with E-state index in [2.05, 4.69) is 51.8 Å². The monoisotopic (exact) mass is 906 g/mol. The average molecular weight is 907 g/mol. The molecule has 0 saturated carbocycles. The molecule has 2 aromatic rings. The minimum atomic E-state index is -1.50. The molecule has 0 unspecified atom stereocenters. The first-order chi connectivity index (χ1) is 29.8. The van der Waals surface area contributed by atoms with Gasteiger partial charge in [0.05, 0.1) is 18.7 Å². The quantitative estimate of drug-likeness (QED) is 0.0407. The Bertz CT molecular complexity index is 1760. The third-order valence-electron chi connectivity index (χ3n) is 9.71. The highest BCUT2D eigenvalue weighted by Gasteiger charge is 2.34. The molecule has 0 aliphatic carbocycles. The minimum absolute atomic E-state index is 0.0457. The van der Waals surface area contributed by atoms with Gasteiger partial charge in [0.1, 0.15) is 36.3 Å². The lowest BCUT2D eigenvalue weighted by Crippen LogP contribution is -2.60.